The number of hydrogen-bond donors (Lipinski definition) is 0. The van der Waals surface area contributed by atoms with Crippen molar-refractivity contribution in [1.82, 2.24) is 4.90 Å². The number of ketones is 1. The molecule has 2 heteroatoms. The van der Waals surface area contributed by atoms with Crippen LogP contribution < -0.4 is 0 Å². The van der Waals surface area contributed by atoms with Crippen LogP contribution in [0.2, 0.25) is 0 Å². The summed E-state index contributed by atoms with van der Waals surface area (Å²) in [5.74, 6) is 0.555. The van der Waals surface area contributed by atoms with Gasteiger partial charge in [0.15, 0.2) is 0 Å². The van der Waals surface area contributed by atoms with E-state index in [0.717, 1.165) is 13.0 Å². The van der Waals surface area contributed by atoms with E-state index in [9.17, 15) is 4.79 Å². The maximum atomic E-state index is 12.6. The Kier molecular flexibility index (Phi) is 6.81. The standard InChI is InChI=1S/C23H29NO/c25-22(15-10-18-24-16-8-3-9-17-24)19-23(20-11-4-1-5-12-20)21-13-6-2-7-14-21/h1-2,4-7,11-14,23H,3,8-10,15-19H2. The molecule has 0 atom stereocenters. The zero-order valence-corrected chi connectivity index (χ0v) is 15.1. The molecule has 1 aliphatic rings. The average molecular weight is 335 g/mol. The summed E-state index contributed by atoms with van der Waals surface area (Å²) in [6, 6.07) is 20.9. The number of hydrogen-bond acceptors (Lipinski definition) is 2. The Bertz CT molecular complexity index is 592. The zero-order chi connectivity index (χ0) is 17.3. The fourth-order valence-electron chi connectivity index (χ4n) is 3.81. The highest BCUT2D eigenvalue weighted by Crippen LogP contribution is 2.28. The highest BCUT2D eigenvalue weighted by atomic mass is 16.1. The van der Waals surface area contributed by atoms with E-state index in [2.05, 4.69) is 53.4 Å². The minimum absolute atomic E-state index is 0.171. The molecule has 0 radical (unpaired) electrons. The third-order valence-electron chi connectivity index (χ3n) is 5.21. The van der Waals surface area contributed by atoms with E-state index < -0.39 is 0 Å². The van der Waals surface area contributed by atoms with Gasteiger partial charge < -0.3 is 4.90 Å². The van der Waals surface area contributed by atoms with Crippen LogP contribution in [-0.4, -0.2) is 30.3 Å². The van der Waals surface area contributed by atoms with E-state index in [4.69, 9.17) is 0 Å². The van der Waals surface area contributed by atoms with E-state index >= 15 is 0 Å². The molecular formula is C23H29NO. The third kappa shape index (κ3) is 5.54. The molecule has 2 aromatic rings. The van der Waals surface area contributed by atoms with Gasteiger partial charge in [-0.15, -0.1) is 0 Å². The fraction of sp³-hybridized carbons (Fsp3) is 0.435. The summed E-state index contributed by atoms with van der Waals surface area (Å²) < 4.78 is 0. The second-order valence-corrected chi connectivity index (χ2v) is 7.12. The maximum absolute atomic E-state index is 12.6. The summed E-state index contributed by atoms with van der Waals surface area (Å²) in [6.45, 7) is 3.50. The van der Waals surface area contributed by atoms with Crippen LogP contribution in [0, 0.1) is 0 Å². The Labute approximate surface area is 151 Å². The molecule has 0 unspecified atom stereocenters. The Balaban J connectivity index is 1.57. The number of carbonyl (C=O) groups is 1. The Morgan fingerprint density at radius 3 is 1.96 bits per heavy atom. The lowest BCUT2D eigenvalue weighted by molar-refractivity contribution is -0.119. The van der Waals surface area contributed by atoms with E-state index in [-0.39, 0.29) is 5.92 Å². The van der Waals surface area contributed by atoms with Crippen LogP contribution in [0.5, 0.6) is 0 Å². The number of piperidine rings is 1. The van der Waals surface area contributed by atoms with E-state index in [0.29, 0.717) is 18.6 Å². The molecule has 132 valence electrons. The molecule has 1 heterocycles. The third-order valence-corrected chi connectivity index (χ3v) is 5.21. The summed E-state index contributed by atoms with van der Waals surface area (Å²) in [6.07, 6.45) is 6.30. The summed E-state index contributed by atoms with van der Waals surface area (Å²) in [5, 5.41) is 0. The molecule has 0 aromatic heterocycles. The minimum Gasteiger partial charge on any atom is -0.303 e. The number of nitrogens with zero attached hydrogens (tertiary/aromatic N) is 1. The van der Waals surface area contributed by atoms with Crippen molar-refractivity contribution < 1.29 is 4.79 Å². The predicted molar refractivity (Wildman–Crippen MR) is 104 cm³/mol. The van der Waals surface area contributed by atoms with Crippen LogP contribution in [-0.2, 0) is 4.79 Å². The van der Waals surface area contributed by atoms with Crippen molar-refractivity contribution in [2.45, 2.75) is 44.4 Å². The first kappa shape index (κ1) is 17.9. The largest absolute Gasteiger partial charge is 0.303 e. The molecule has 1 aliphatic heterocycles. The van der Waals surface area contributed by atoms with Crippen LogP contribution in [0.15, 0.2) is 60.7 Å². The highest BCUT2D eigenvalue weighted by Gasteiger charge is 2.18. The van der Waals surface area contributed by atoms with Gasteiger partial charge in [0, 0.05) is 18.8 Å². The number of Topliss-reactive ketones (excluding diaryl/α,β-unsaturated/α-hetero) is 1. The first-order chi connectivity index (χ1) is 12.3. The molecule has 2 aromatic carbocycles. The van der Waals surface area contributed by atoms with Crippen molar-refractivity contribution in [3.05, 3.63) is 71.8 Å². The number of likely N-dealkylation sites (tertiary alicyclic amines) is 1. The van der Waals surface area contributed by atoms with Crippen molar-refractivity contribution in [3.8, 4) is 0 Å². The van der Waals surface area contributed by atoms with Crippen LogP contribution >= 0.6 is 0 Å². The van der Waals surface area contributed by atoms with Crippen molar-refractivity contribution >= 4 is 5.78 Å². The minimum atomic E-state index is 0.171. The van der Waals surface area contributed by atoms with Crippen LogP contribution in [0.3, 0.4) is 0 Å². The molecule has 0 amide bonds. The van der Waals surface area contributed by atoms with Gasteiger partial charge in [0.2, 0.25) is 0 Å². The van der Waals surface area contributed by atoms with E-state index in [1.165, 1.54) is 43.5 Å². The van der Waals surface area contributed by atoms with Crippen molar-refractivity contribution in [1.29, 1.82) is 0 Å². The van der Waals surface area contributed by atoms with Gasteiger partial charge in [-0.25, -0.2) is 0 Å². The molecule has 0 spiro atoms. The molecular weight excluding hydrogens is 306 g/mol. The Hall–Kier alpha value is -1.93. The second-order valence-electron chi connectivity index (χ2n) is 7.12. The molecule has 1 saturated heterocycles. The first-order valence-electron chi connectivity index (χ1n) is 9.67. The summed E-state index contributed by atoms with van der Waals surface area (Å²) >= 11 is 0. The van der Waals surface area contributed by atoms with Gasteiger partial charge in [-0.3, -0.25) is 4.79 Å². The summed E-state index contributed by atoms with van der Waals surface area (Å²) in [5.41, 5.74) is 2.47. The normalized spacial score (nSPS) is 15.4. The van der Waals surface area contributed by atoms with E-state index in [1.807, 2.05) is 12.1 Å². The van der Waals surface area contributed by atoms with Gasteiger partial charge in [0.25, 0.3) is 0 Å². The summed E-state index contributed by atoms with van der Waals surface area (Å²) in [7, 11) is 0. The van der Waals surface area contributed by atoms with Crippen LogP contribution in [0.1, 0.15) is 55.6 Å². The predicted octanol–water partition coefficient (Wildman–Crippen LogP) is 5.04. The monoisotopic (exact) mass is 335 g/mol. The van der Waals surface area contributed by atoms with Gasteiger partial charge >= 0.3 is 0 Å². The average Bonchev–Trinajstić information content (AvgIpc) is 2.68. The molecule has 0 aliphatic carbocycles. The molecule has 0 N–H and O–H groups in total. The lowest BCUT2D eigenvalue weighted by Gasteiger charge is -2.26. The number of benzene rings is 2. The number of carbonyl (C=O) groups excluding carboxylic acids is 1. The second kappa shape index (κ2) is 9.53. The van der Waals surface area contributed by atoms with Crippen molar-refractivity contribution in [2.75, 3.05) is 19.6 Å². The molecule has 2 nitrogen and oxygen atoms in total. The van der Waals surface area contributed by atoms with Gasteiger partial charge in [0.05, 0.1) is 0 Å². The zero-order valence-electron chi connectivity index (χ0n) is 15.1. The SMILES string of the molecule is O=C(CCCN1CCCCC1)CC(c1ccccc1)c1ccccc1. The molecule has 0 bridgehead atoms. The topological polar surface area (TPSA) is 20.3 Å². The molecule has 25 heavy (non-hydrogen) atoms. The number of rotatable bonds is 8. The fourth-order valence-corrected chi connectivity index (χ4v) is 3.81. The van der Waals surface area contributed by atoms with Gasteiger partial charge in [-0.1, -0.05) is 67.1 Å². The maximum Gasteiger partial charge on any atom is 0.133 e. The molecule has 3 rings (SSSR count). The van der Waals surface area contributed by atoms with Crippen molar-refractivity contribution in [3.63, 3.8) is 0 Å². The lowest BCUT2D eigenvalue weighted by Crippen LogP contribution is -2.30. The molecule has 0 saturated carbocycles. The summed E-state index contributed by atoms with van der Waals surface area (Å²) in [4.78, 5) is 15.1. The lowest BCUT2D eigenvalue weighted by atomic mass is 9.86. The first-order valence-corrected chi connectivity index (χ1v) is 9.67. The Morgan fingerprint density at radius 1 is 0.840 bits per heavy atom. The van der Waals surface area contributed by atoms with E-state index in [1.54, 1.807) is 0 Å². The van der Waals surface area contributed by atoms with Crippen LogP contribution in [0.25, 0.3) is 0 Å². The van der Waals surface area contributed by atoms with Crippen LogP contribution in [0.4, 0.5) is 0 Å². The van der Waals surface area contributed by atoms with Gasteiger partial charge in [-0.05, 0) is 50.0 Å². The van der Waals surface area contributed by atoms with Gasteiger partial charge in [-0.2, -0.15) is 0 Å². The highest BCUT2D eigenvalue weighted by molar-refractivity contribution is 5.79. The Morgan fingerprint density at radius 2 is 1.40 bits per heavy atom. The van der Waals surface area contributed by atoms with Gasteiger partial charge in [0.1, 0.15) is 5.78 Å². The smallest absolute Gasteiger partial charge is 0.133 e. The quantitative estimate of drug-likeness (QED) is 0.673. The van der Waals surface area contributed by atoms with Crippen molar-refractivity contribution in [2.24, 2.45) is 0 Å². The molecule has 1 fully saturated rings.